The molecule has 0 amide bonds. The highest BCUT2D eigenvalue weighted by atomic mass is 79.9. The molecular formula is C17H15BrN2O2. The van der Waals surface area contributed by atoms with Crippen LogP contribution < -0.4 is 0 Å². The third kappa shape index (κ3) is 2.76. The molecule has 1 atom stereocenters. The highest BCUT2D eigenvalue weighted by molar-refractivity contribution is 9.10. The molecule has 5 heteroatoms. The van der Waals surface area contributed by atoms with Crippen LogP contribution in [0.25, 0.3) is 10.9 Å². The fraction of sp³-hybridized carbons (Fsp3) is 0.176. The zero-order chi connectivity index (χ0) is 15.7. The first-order chi connectivity index (χ1) is 10.6. The van der Waals surface area contributed by atoms with E-state index in [1.165, 1.54) is 0 Å². The smallest absolute Gasteiger partial charge is 0.214 e. The third-order valence-electron chi connectivity index (χ3n) is 3.91. The van der Waals surface area contributed by atoms with Crippen molar-refractivity contribution in [3.8, 4) is 0 Å². The van der Waals surface area contributed by atoms with Crippen molar-refractivity contribution in [2.24, 2.45) is 7.05 Å². The molecule has 4 nitrogen and oxygen atoms in total. The van der Waals surface area contributed by atoms with Gasteiger partial charge in [0.2, 0.25) is 6.54 Å². The molecule has 0 aliphatic carbocycles. The first-order valence-corrected chi connectivity index (χ1v) is 7.77. The number of hydrogen-bond donors (Lipinski definition) is 0. The molecule has 0 aliphatic rings. The Morgan fingerprint density at radius 2 is 1.86 bits per heavy atom. The number of para-hydroxylation sites is 1. The number of aryl methyl sites for hydroxylation is 1. The van der Waals surface area contributed by atoms with Crippen molar-refractivity contribution in [1.82, 2.24) is 4.57 Å². The summed E-state index contributed by atoms with van der Waals surface area (Å²) in [4.78, 5) is 10.9. The van der Waals surface area contributed by atoms with Crippen LogP contribution >= 0.6 is 15.9 Å². The standard InChI is InChI=1S/C17H15BrN2O2/c1-19-10-16(14-4-2-3-5-17(14)19)15(11-20(21)22)12-6-8-13(18)9-7-12/h2-10,15H,11H2,1H3. The van der Waals surface area contributed by atoms with Gasteiger partial charge in [-0.3, -0.25) is 10.1 Å². The molecule has 0 aliphatic heterocycles. The number of nitro groups is 1. The van der Waals surface area contributed by atoms with Crippen LogP contribution in [-0.2, 0) is 7.05 Å². The molecule has 0 saturated heterocycles. The fourth-order valence-corrected chi connectivity index (χ4v) is 3.14. The average Bonchev–Trinajstić information content (AvgIpc) is 2.83. The summed E-state index contributed by atoms with van der Waals surface area (Å²) < 4.78 is 2.99. The van der Waals surface area contributed by atoms with Crippen molar-refractivity contribution < 1.29 is 4.92 Å². The molecule has 3 rings (SSSR count). The molecule has 1 unspecified atom stereocenters. The number of aromatic nitrogens is 1. The predicted octanol–water partition coefficient (Wildman–Crippen LogP) is 4.35. The lowest BCUT2D eigenvalue weighted by Gasteiger charge is -2.13. The molecule has 112 valence electrons. The zero-order valence-electron chi connectivity index (χ0n) is 12.1. The van der Waals surface area contributed by atoms with E-state index in [9.17, 15) is 10.1 Å². The average molecular weight is 359 g/mol. The van der Waals surface area contributed by atoms with Crippen LogP contribution in [0.15, 0.2) is 59.2 Å². The predicted molar refractivity (Wildman–Crippen MR) is 90.8 cm³/mol. The van der Waals surface area contributed by atoms with E-state index in [0.717, 1.165) is 26.5 Å². The van der Waals surface area contributed by atoms with E-state index in [1.54, 1.807) is 0 Å². The van der Waals surface area contributed by atoms with Gasteiger partial charge in [0.05, 0.1) is 5.92 Å². The summed E-state index contributed by atoms with van der Waals surface area (Å²) >= 11 is 3.41. The molecule has 3 aromatic rings. The minimum atomic E-state index is -0.255. The van der Waals surface area contributed by atoms with Gasteiger partial charge in [-0.2, -0.15) is 0 Å². The first kappa shape index (κ1) is 14.8. The molecule has 22 heavy (non-hydrogen) atoms. The van der Waals surface area contributed by atoms with E-state index < -0.39 is 0 Å². The Morgan fingerprint density at radius 3 is 2.55 bits per heavy atom. The SMILES string of the molecule is Cn1cc(C(C[N+](=O)[O-])c2ccc(Br)cc2)c2ccccc21. The summed E-state index contributed by atoms with van der Waals surface area (Å²) in [6, 6.07) is 15.7. The topological polar surface area (TPSA) is 48.1 Å². The van der Waals surface area contributed by atoms with Gasteiger partial charge >= 0.3 is 0 Å². The Kier molecular flexibility index (Phi) is 3.98. The second kappa shape index (κ2) is 5.93. The number of hydrogen-bond acceptors (Lipinski definition) is 2. The lowest BCUT2D eigenvalue weighted by Crippen LogP contribution is -2.13. The molecule has 0 bridgehead atoms. The van der Waals surface area contributed by atoms with Crippen LogP contribution in [-0.4, -0.2) is 16.0 Å². The summed E-state index contributed by atoms with van der Waals surface area (Å²) in [7, 11) is 1.97. The zero-order valence-corrected chi connectivity index (χ0v) is 13.7. The molecule has 2 aromatic carbocycles. The van der Waals surface area contributed by atoms with Gasteiger partial charge in [0, 0.05) is 33.5 Å². The second-order valence-corrected chi connectivity index (χ2v) is 6.25. The van der Waals surface area contributed by atoms with Crippen molar-refractivity contribution >= 4 is 26.8 Å². The highest BCUT2D eigenvalue weighted by Crippen LogP contribution is 2.32. The van der Waals surface area contributed by atoms with Gasteiger partial charge in [-0.05, 0) is 29.3 Å². The number of nitrogens with zero attached hydrogens (tertiary/aromatic N) is 2. The largest absolute Gasteiger partial charge is 0.350 e. The van der Waals surface area contributed by atoms with Crippen molar-refractivity contribution in [1.29, 1.82) is 0 Å². The van der Waals surface area contributed by atoms with Crippen molar-refractivity contribution in [2.75, 3.05) is 6.54 Å². The van der Waals surface area contributed by atoms with Gasteiger partial charge in [0.1, 0.15) is 0 Å². The molecule has 0 radical (unpaired) electrons. The Balaban J connectivity index is 2.16. The maximum Gasteiger partial charge on any atom is 0.214 e. The van der Waals surface area contributed by atoms with Gasteiger partial charge in [0.25, 0.3) is 0 Å². The Hall–Kier alpha value is -2.14. The van der Waals surface area contributed by atoms with E-state index in [4.69, 9.17) is 0 Å². The lowest BCUT2D eigenvalue weighted by atomic mass is 9.91. The third-order valence-corrected chi connectivity index (χ3v) is 4.44. The van der Waals surface area contributed by atoms with Gasteiger partial charge in [-0.1, -0.05) is 46.3 Å². The number of fused-ring (bicyclic) bond motifs is 1. The Bertz CT molecular complexity index is 824. The number of halogens is 1. The first-order valence-electron chi connectivity index (χ1n) is 6.97. The van der Waals surface area contributed by atoms with Gasteiger partial charge in [0.15, 0.2) is 0 Å². The Labute approximate surface area is 136 Å². The fourth-order valence-electron chi connectivity index (χ4n) is 2.88. The van der Waals surface area contributed by atoms with E-state index >= 15 is 0 Å². The van der Waals surface area contributed by atoms with Crippen molar-refractivity contribution in [3.63, 3.8) is 0 Å². The van der Waals surface area contributed by atoms with Crippen LogP contribution in [0, 0.1) is 10.1 Å². The Morgan fingerprint density at radius 1 is 1.18 bits per heavy atom. The normalized spacial score (nSPS) is 12.5. The second-order valence-electron chi connectivity index (χ2n) is 5.33. The summed E-state index contributed by atoms with van der Waals surface area (Å²) in [5, 5.41) is 12.2. The summed E-state index contributed by atoms with van der Waals surface area (Å²) in [6.45, 7) is -0.115. The van der Waals surface area contributed by atoms with Crippen molar-refractivity contribution in [2.45, 2.75) is 5.92 Å². The molecule has 1 heterocycles. The van der Waals surface area contributed by atoms with Crippen LogP contribution in [0.5, 0.6) is 0 Å². The van der Waals surface area contributed by atoms with Gasteiger partial charge in [-0.25, -0.2) is 0 Å². The maximum absolute atomic E-state index is 11.2. The summed E-state index contributed by atoms with van der Waals surface area (Å²) in [5.74, 6) is -0.255. The van der Waals surface area contributed by atoms with Gasteiger partial charge < -0.3 is 4.57 Å². The van der Waals surface area contributed by atoms with Crippen LogP contribution in [0.3, 0.4) is 0 Å². The quantitative estimate of drug-likeness (QED) is 0.514. The molecule has 0 saturated carbocycles. The van der Waals surface area contributed by atoms with Crippen LogP contribution in [0.4, 0.5) is 0 Å². The number of rotatable bonds is 4. The van der Waals surface area contributed by atoms with E-state index in [0.29, 0.717) is 0 Å². The lowest BCUT2D eigenvalue weighted by molar-refractivity contribution is -0.481. The molecule has 0 fully saturated rings. The summed E-state index contributed by atoms with van der Waals surface area (Å²) in [5.41, 5.74) is 3.04. The van der Waals surface area contributed by atoms with E-state index in [2.05, 4.69) is 15.9 Å². The highest BCUT2D eigenvalue weighted by Gasteiger charge is 2.23. The molecular weight excluding hydrogens is 344 g/mol. The minimum absolute atomic E-state index is 0.115. The maximum atomic E-state index is 11.2. The monoisotopic (exact) mass is 358 g/mol. The van der Waals surface area contributed by atoms with Crippen LogP contribution in [0.2, 0.25) is 0 Å². The van der Waals surface area contributed by atoms with Crippen molar-refractivity contribution in [3.05, 3.63) is 80.4 Å². The van der Waals surface area contributed by atoms with Crippen LogP contribution in [0.1, 0.15) is 17.0 Å². The van der Waals surface area contributed by atoms with Gasteiger partial charge in [-0.15, -0.1) is 0 Å². The molecule has 0 spiro atoms. The summed E-state index contributed by atoms with van der Waals surface area (Å²) in [6.07, 6.45) is 2.00. The molecule has 0 N–H and O–H groups in total. The van der Waals surface area contributed by atoms with E-state index in [-0.39, 0.29) is 17.4 Å². The molecule has 1 aromatic heterocycles. The minimum Gasteiger partial charge on any atom is -0.350 e. The van der Waals surface area contributed by atoms with E-state index in [1.807, 2.05) is 66.3 Å². The number of benzene rings is 2.